The summed E-state index contributed by atoms with van der Waals surface area (Å²) < 4.78 is 30.2. The van der Waals surface area contributed by atoms with Crippen LogP contribution in [0.15, 0.2) is 59.2 Å². The van der Waals surface area contributed by atoms with Gasteiger partial charge >= 0.3 is 0 Å². The number of methoxy groups -OCH3 is 1. The van der Waals surface area contributed by atoms with E-state index in [2.05, 4.69) is 5.32 Å². The van der Waals surface area contributed by atoms with Crippen molar-refractivity contribution in [3.05, 3.63) is 82.5 Å². The van der Waals surface area contributed by atoms with Crippen LogP contribution >= 0.6 is 11.6 Å². The third-order valence-electron chi connectivity index (χ3n) is 3.92. The molecule has 3 rings (SSSR count). The van der Waals surface area contributed by atoms with E-state index in [1.54, 1.807) is 31.6 Å². The van der Waals surface area contributed by atoms with Crippen LogP contribution < -0.4 is 14.8 Å². The normalized spacial score (nSPS) is 10.7. The number of quaternary nitrogens is 1. The Bertz CT molecular complexity index is 852. The van der Waals surface area contributed by atoms with Gasteiger partial charge in [0.25, 0.3) is 0 Å². The molecule has 0 saturated carbocycles. The quantitative estimate of drug-likeness (QED) is 0.648. The molecule has 0 atom stereocenters. The first-order chi connectivity index (χ1) is 12.7. The van der Waals surface area contributed by atoms with Gasteiger partial charge in [0, 0.05) is 11.1 Å². The minimum absolute atomic E-state index is 0.0761. The molecule has 3 aromatic rings. The zero-order chi connectivity index (χ0) is 18.4. The Morgan fingerprint density at radius 3 is 2.69 bits per heavy atom. The lowest BCUT2D eigenvalue weighted by Crippen LogP contribution is -2.80. The van der Waals surface area contributed by atoms with Crippen LogP contribution in [0.3, 0.4) is 0 Å². The van der Waals surface area contributed by atoms with E-state index in [1.165, 1.54) is 6.07 Å². The van der Waals surface area contributed by atoms with Gasteiger partial charge in [-0.05, 0) is 30.3 Å². The fraction of sp³-hybridized carbons (Fsp3) is 0.200. The smallest absolute Gasteiger partial charge is 0.180 e. The largest absolute Gasteiger partial charge is 0.493 e. The number of ether oxygens (including phenoxy) is 2. The van der Waals surface area contributed by atoms with Crippen LogP contribution in [-0.2, 0) is 19.7 Å². The summed E-state index contributed by atoms with van der Waals surface area (Å²) in [6.07, 6.45) is 1.66. The van der Waals surface area contributed by atoms with E-state index in [9.17, 15) is 4.39 Å². The van der Waals surface area contributed by atoms with Crippen molar-refractivity contribution in [1.29, 1.82) is 0 Å². The second-order valence-corrected chi connectivity index (χ2v) is 6.17. The van der Waals surface area contributed by atoms with Gasteiger partial charge in [0.05, 0.1) is 18.4 Å². The van der Waals surface area contributed by atoms with Crippen LogP contribution in [0.25, 0.3) is 0 Å². The Morgan fingerprint density at radius 2 is 1.96 bits per heavy atom. The van der Waals surface area contributed by atoms with Crippen molar-refractivity contribution in [3.63, 3.8) is 0 Å². The summed E-state index contributed by atoms with van der Waals surface area (Å²) in [6.45, 7) is 1.52. The van der Waals surface area contributed by atoms with Crippen molar-refractivity contribution in [3.8, 4) is 11.5 Å². The van der Waals surface area contributed by atoms with E-state index < -0.39 is 0 Å². The third kappa shape index (κ3) is 4.56. The third-order valence-corrected chi connectivity index (χ3v) is 4.21. The number of rotatable bonds is 8. The molecule has 2 N–H and O–H groups in total. The summed E-state index contributed by atoms with van der Waals surface area (Å²) in [5.41, 5.74) is 1.46. The van der Waals surface area contributed by atoms with Crippen LogP contribution in [0.1, 0.15) is 16.9 Å². The number of nitrogens with two attached hydrogens (primary N) is 1. The minimum Gasteiger partial charge on any atom is -0.493 e. The van der Waals surface area contributed by atoms with E-state index in [0.29, 0.717) is 28.6 Å². The molecule has 0 bridgehead atoms. The Hall–Kier alpha value is -2.50. The van der Waals surface area contributed by atoms with Gasteiger partial charge in [0.15, 0.2) is 17.3 Å². The van der Waals surface area contributed by atoms with Gasteiger partial charge in [0.2, 0.25) is 0 Å². The van der Waals surface area contributed by atoms with Gasteiger partial charge in [0.1, 0.15) is 25.5 Å². The summed E-state index contributed by atoms with van der Waals surface area (Å²) >= 11 is 6.37. The zero-order valence-corrected chi connectivity index (χ0v) is 15.1. The van der Waals surface area contributed by atoms with Gasteiger partial charge in [-0.3, -0.25) is 0 Å². The first-order valence-electron chi connectivity index (χ1n) is 8.24. The molecule has 1 heterocycles. The number of hydrogen-bond donors (Lipinski definition) is 1. The monoisotopic (exact) mass is 376 g/mol. The number of furan rings is 1. The fourth-order valence-electron chi connectivity index (χ4n) is 2.61. The van der Waals surface area contributed by atoms with Crippen LogP contribution in [0.2, 0.25) is 5.02 Å². The lowest BCUT2D eigenvalue weighted by molar-refractivity contribution is -0.688. The van der Waals surface area contributed by atoms with Gasteiger partial charge in [-0.1, -0.05) is 29.8 Å². The molecule has 2 aromatic carbocycles. The van der Waals surface area contributed by atoms with Crippen molar-refractivity contribution in [2.75, 3.05) is 7.11 Å². The predicted octanol–water partition coefficient (Wildman–Crippen LogP) is 3.92. The Labute approximate surface area is 156 Å². The van der Waals surface area contributed by atoms with Crippen LogP contribution in [-0.4, -0.2) is 7.11 Å². The van der Waals surface area contributed by atoms with E-state index in [1.807, 2.05) is 24.3 Å². The predicted molar refractivity (Wildman–Crippen MR) is 96.8 cm³/mol. The highest BCUT2D eigenvalue weighted by Gasteiger charge is 2.14. The molecule has 0 fully saturated rings. The van der Waals surface area contributed by atoms with Crippen LogP contribution in [0.5, 0.6) is 11.5 Å². The molecule has 26 heavy (non-hydrogen) atoms. The number of benzene rings is 2. The highest BCUT2D eigenvalue weighted by Crippen LogP contribution is 2.36. The first kappa shape index (κ1) is 18.3. The molecule has 0 amide bonds. The van der Waals surface area contributed by atoms with Crippen molar-refractivity contribution < 1.29 is 23.6 Å². The lowest BCUT2D eigenvalue weighted by atomic mass is 10.2. The highest BCUT2D eigenvalue weighted by molar-refractivity contribution is 6.32. The molecule has 0 radical (unpaired) electrons. The van der Waals surface area contributed by atoms with E-state index in [0.717, 1.165) is 17.9 Å². The lowest BCUT2D eigenvalue weighted by Gasteiger charge is -2.14. The van der Waals surface area contributed by atoms with E-state index >= 15 is 0 Å². The molecule has 0 unspecified atom stereocenters. The Balaban J connectivity index is 1.67. The average Bonchev–Trinajstić information content (AvgIpc) is 3.15. The van der Waals surface area contributed by atoms with Gasteiger partial charge in [-0.25, -0.2) is 4.39 Å². The Morgan fingerprint density at radius 1 is 1.12 bits per heavy atom. The van der Waals surface area contributed by atoms with Crippen LogP contribution in [0.4, 0.5) is 4.39 Å². The van der Waals surface area contributed by atoms with Crippen molar-refractivity contribution in [2.24, 2.45) is 0 Å². The molecular weight excluding hydrogens is 357 g/mol. The number of halogens is 2. The van der Waals surface area contributed by atoms with Crippen molar-refractivity contribution >= 4 is 11.6 Å². The van der Waals surface area contributed by atoms with Gasteiger partial charge in [-0.2, -0.15) is 0 Å². The van der Waals surface area contributed by atoms with Gasteiger partial charge < -0.3 is 19.2 Å². The number of hydrogen-bond acceptors (Lipinski definition) is 3. The second kappa shape index (κ2) is 8.74. The molecule has 0 saturated heterocycles. The van der Waals surface area contributed by atoms with E-state index in [4.69, 9.17) is 25.5 Å². The van der Waals surface area contributed by atoms with E-state index in [-0.39, 0.29) is 12.4 Å². The van der Waals surface area contributed by atoms with Crippen LogP contribution in [0, 0.1) is 5.82 Å². The SMILES string of the molecule is COc1cc(C[NH2+]Cc2ccco2)cc(Cl)c1OCc1ccccc1F. The maximum absolute atomic E-state index is 13.7. The molecule has 0 aliphatic rings. The minimum atomic E-state index is -0.313. The summed E-state index contributed by atoms with van der Waals surface area (Å²) in [6, 6.07) is 14.0. The van der Waals surface area contributed by atoms with Gasteiger partial charge in [-0.15, -0.1) is 0 Å². The average molecular weight is 377 g/mol. The van der Waals surface area contributed by atoms with Crippen molar-refractivity contribution in [2.45, 2.75) is 19.7 Å². The standard InChI is InChI=1S/C20H19ClFNO3/c1-24-19-10-14(11-23-12-16-6-4-8-25-16)9-17(21)20(19)26-13-15-5-2-3-7-18(15)22/h2-10,23H,11-13H2,1H3/p+1. The molecule has 136 valence electrons. The molecule has 1 aromatic heterocycles. The topological polar surface area (TPSA) is 48.2 Å². The summed E-state index contributed by atoms with van der Waals surface area (Å²) in [5, 5.41) is 2.53. The second-order valence-electron chi connectivity index (χ2n) is 5.77. The maximum atomic E-state index is 13.7. The molecule has 6 heteroatoms. The fourth-order valence-corrected chi connectivity index (χ4v) is 2.89. The molecule has 4 nitrogen and oxygen atoms in total. The Kier molecular flexibility index (Phi) is 6.15. The summed E-state index contributed by atoms with van der Waals surface area (Å²) in [7, 11) is 1.55. The van der Waals surface area contributed by atoms with Crippen molar-refractivity contribution in [1.82, 2.24) is 0 Å². The summed E-state index contributed by atoms with van der Waals surface area (Å²) in [4.78, 5) is 0. The highest BCUT2D eigenvalue weighted by atomic mass is 35.5. The zero-order valence-electron chi connectivity index (χ0n) is 14.4. The molecular formula is C20H20ClFNO3+. The molecule has 0 spiro atoms. The maximum Gasteiger partial charge on any atom is 0.180 e. The molecule has 0 aliphatic carbocycles. The first-order valence-corrected chi connectivity index (χ1v) is 8.62. The molecule has 0 aliphatic heterocycles. The summed E-state index contributed by atoms with van der Waals surface area (Å²) in [5.74, 6) is 1.53.